The number of benzene rings is 1. The van der Waals surface area contributed by atoms with Gasteiger partial charge in [-0.15, -0.1) is 0 Å². The first-order chi connectivity index (χ1) is 9.56. The monoisotopic (exact) mass is 278 g/mol. The van der Waals surface area contributed by atoms with E-state index in [1.54, 1.807) is 7.11 Å². The molecule has 1 rings (SSSR count). The molecule has 0 bridgehead atoms. The molecule has 0 aromatic heterocycles. The fourth-order valence-corrected chi connectivity index (χ4v) is 2.01. The Hall–Kier alpha value is -1.55. The van der Waals surface area contributed by atoms with Crippen molar-refractivity contribution in [1.29, 1.82) is 0 Å². The van der Waals surface area contributed by atoms with Crippen molar-refractivity contribution in [2.24, 2.45) is 0 Å². The van der Waals surface area contributed by atoms with Gasteiger partial charge in [0.05, 0.1) is 6.10 Å². The molecule has 0 saturated heterocycles. The minimum absolute atomic E-state index is 0.124. The van der Waals surface area contributed by atoms with Crippen molar-refractivity contribution >= 4 is 11.6 Å². The maximum absolute atomic E-state index is 12.3. The summed E-state index contributed by atoms with van der Waals surface area (Å²) in [5, 5.41) is 0. The van der Waals surface area contributed by atoms with Crippen LogP contribution in [0.5, 0.6) is 0 Å². The lowest BCUT2D eigenvalue weighted by Crippen LogP contribution is -2.31. The zero-order valence-electron chi connectivity index (χ0n) is 12.8. The lowest BCUT2D eigenvalue weighted by atomic mass is 10.1. The summed E-state index contributed by atoms with van der Waals surface area (Å²) < 4.78 is 5.19. The van der Waals surface area contributed by atoms with Gasteiger partial charge < -0.3 is 15.4 Å². The summed E-state index contributed by atoms with van der Waals surface area (Å²) in [4.78, 5) is 14.2. The largest absolute Gasteiger partial charge is 0.399 e. The van der Waals surface area contributed by atoms with E-state index in [0.29, 0.717) is 13.0 Å². The lowest BCUT2D eigenvalue weighted by Gasteiger charge is -2.23. The minimum atomic E-state index is 0.124. The smallest absolute Gasteiger partial charge is 0.222 e. The van der Waals surface area contributed by atoms with Crippen LogP contribution in [0.25, 0.3) is 0 Å². The van der Waals surface area contributed by atoms with E-state index in [1.807, 2.05) is 36.1 Å². The summed E-state index contributed by atoms with van der Waals surface area (Å²) >= 11 is 0. The summed E-state index contributed by atoms with van der Waals surface area (Å²) in [6.45, 7) is 5.50. The highest BCUT2D eigenvalue weighted by atomic mass is 16.5. The van der Waals surface area contributed by atoms with Gasteiger partial charge in [-0.3, -0.25) is 4.79 Å². The number of amides is 1. The van der Waals surface area contributed by atoms with Gasteiger partial charge in [0.2, 0.25) is 5.91 Å². The summed E-state index contributed by atoms with van der Waals surface area (Å²) in [7, 11) is 1.67. The topological polar surface area (TPSA) is 55.6 Å². The summed E-state index contributed by atoms with van der Waals surface area (Å²) in [6, 6.07) is 7.69. The zero-order valence-corrected chi connectivity index (χ0v) is 12.8. The van der Waals surface area contributed by atoms with Gasteiger partial charge in [-0.2, -0.15) is 0 Å². The first kappa shape index (κ1) is 16.5. The van der Waals surface area contributed by atoms with Crippen LogP contribution in [0.4, 0.5) is 5.69 Å². The molecule has 0 radical (unpaired) electrons. The van der Waals surface area contributed by atoms with Crippen molar-refractivity contribution in [3.63, 3.8) is 0 Å². The number of hydrogen-bond acceptors (Lipinski definition) is 3. The van der Waals surface area contributed by atoms with Gasteiger partial charge >= 0.3 is 0 Å². The van der Waals surface area contributed by atoms with Gasteiger partial charge in [0.1, 0.15) is 0 Å². The number of carbonyl (C=O) groups excluding carboxylic acids is 1. The Labute approximate surface area is 121 Å². The van der Waals surface area contributed by atoms with Crippen LogP contribution in [0.3, 0.4) is 0 Å². The Kier molecular flexibility index (Phi) is 7.09. The Morgan fingerprint density at radius 3 is 2.55 bits per heavy atom. The van der Waals surface area contributed by atoms with Crippen LogP contribution in [0.15, 0.2) is 24.3 Å². The highest BCUT2D eigenvalue weighted by Crippen LogP contribution is 2.11. The SMILES string of the molecule is CCCN(Cc1ccc(N)cc1)C(=O)CCC(C)OC. The normalized spacial score (nSPS) is 12.2. The molecule has 0 fully saturated rings. The van der Waals surface area contributed by atoms with Crippen LogP contribution in [-0.4, -0.2) is 30.6 Å². The second-order valence-electron chi connectivity index (χ2n) is 5.14. The number of rotatable bonds is 8. The van der Waals surface area contributed by atoms with Crippen molar-refractivity contribution in [2.45, 2.75) is 45.8 Å². The molecular formula is C16H26N2O2. The molecule has 2 N–H and O–H groups in total. The molecule has 0 spiro atoms. The molecule has 1 amide bonds. The molecule has 0 aliphatic heterocycles. The van der Waals surface area contributed by atoms with Crippen LogP contribution in [0.1, 0.15) is 38.7 Å². The number of nitrogens with zero attached hydrogens (tertiary/aromatic N) is 1. The van der Waals surface area contributed by atoms with Gasteiger partial charge in [-0.1, -0.05) is 19.1 Å². The van der Waals surface area contributed by atoms with Gasteiger partial charge in [-0.05, 0) is 37.5 Å². The molecular weight excluding hydrogens is 252 g/mol. The molecule has 1 aromatic rings. The predicted octanol–water partition coefficient (Wildman–Crippen LogP) is 2.82. The molecule has 1 atom stereocenters. The second kappa shape index (κ2) is 8.59. The van der Waals surface area contributed by atoms with Crippen molar-refractivity contribution in [1.82, 2.24) is 4.90 Å². The van der Waals surface area contributed by atoms with E-state index in [1.165, 1.54) is 0 Å². The standard InChI is InChI=1S/C16H26N2O2/c1-4-11-18(16(19)10-5-13(2)20-3)12-14-6-8-15(17)9-7-14/h6-9,13H,4-5,10-12,17H2,1-3H3. The molecule has 0 aliphatic carbocycles. The van der Waals surface area contributed by atoms with Crippen LogP contribution >= 0.6 is 0 Å². The molecule has 1 unspecified atom stereocenters. The van der Waals surface area contributed by atoms with Crippen molar-refractivity contribution in [3.8, 4) is 0 Å². The number of ether oxygens (including phenoxy) is 1. The third-order valence-corrected chi connectivity index (χ3v) is 3.37. The van der Waals surface area contributed by atoms with E-state index in [9.17, 15) is 4.79 Å². The fourth-order valence-electron chi connectivity index (χ4n) is 2.01. The summed E-state index contributed by atoms with van der Waals surface area (Å²) in [5.74, 6) is 0.188. The first-order valence-electron chi connectivity index (χ1n) is 7.21. The quantitative estimate of drug-likeness (QED) is 0.744. The van der Waals surface area contributed by atoms with Gasteiger partial charge in [0.25, 0.3) is 0 Å². The minimum Gasteiger partial charge on any atom is -0.399 e. The van der Waals surface area contributed by atoms with Gasteiger partial charge in [-0.25, -0.2) is 0 Å². The molecule has 0 aliphatic rings. The van der Waals surface area contributed by atoms with Crippen molar-refractivity contribution in [3.05, 3.63) is 29.8 Å². The fraction of sp³-hybridized carbons (Fsp3) is 0.562. The third kappa shape index (κ3) is 5.61. The summed E-state index contributed by atoms with van der Waals surface area (Å²) in [6.07, 6.45) is 2.38. The lowest BCUT2D eigenvalue weighted by molar-refractivity contribution is -0.132. The van der Waals surface area contributed by atoms with Crippen LogP contribution in [0, 0.1) is 0 Å². The second-order valence-corrected chi connectivity index (χ2v) is 5.14. The van der Waals surface area contributed by atoms with E-state index >= 15 is 0 Å². The molecule has 4 heteroatoms. The number of methoxy groups -OCH3 is 1. The third-order valence-electron chi connectivity index (χ3n) is 3.37. The van der Waals surface area contributed by atoms with E-state index < -0.39 is 0 Å². The number of carbonyl (C=O) groups is 1. The molecule has 0 saturated carbocycles. The Morgan fingerprint density at radius 1 is 1.35 bits per heavy atom. The Morgan fingerprint density at radius 2 is 2.00 bits per heavy atom. The number of nitrogen functional groups attached to an aromatic ring is 1. The highest BCUT2D eigenvalue weighted by molar-refractivity contribution is 5.76. The average molecular weight is 278 g/mol. The molecule has 20 heavy (non-hydrogen) atoms. The highest BCUT2D eigenvalue weighted by Gasteiger charge is 2.14. The van der Waals surface area contributed by atoms with Crippen molar-refractivity contribution in [2.75, 3.05) is 19.4 Å². The van der Waals surface area contributed by atoms with E-state index in [-0.39, 0.29) is 12.0 Å². The molecule has 1 aromatic carbocycles. The predicted molar refractivity (Wildman–Crippen MR) is 82.3 cm³/mol. The van der Waals surface area contributed by atoms with E-state index in [0.717, 1.165) is 30.6 Å². The van der Waals surface area contributed by atoms with Gasteiger partial charge in [0, 0.05) is 32.3 Å². The van der Waals surface area contributed by atoms with Crippen LogP contribution in [0.2, 0.25) is 0 Å². The molecule has 0 heterocycles. The Balaban J connectivity index is 2.58. The van der Waals surface area contributed by atoms with Crippen LogP contribution in [-0.2, 0) is 16.1 Å². The first-order valence-corrected chi connectivity index (χ1v) is 7.21. The van der Waals surface area contributed by atoms with E-state index in [4.69, 9.17) is 10.5 Å². The van der Waals surface area contributed by atoms with Gasteiger partial charge in [0.15, 0.2) is 0 Å². The van der Waals surface area contributed by atoms with E-state index in [2.05, 4.69) is 6.92 Å². The molecule has 112 valence electrons. The molecule has 4 nitrogen and oxygen atoms in total. The average Bonchev–Trinajstić information content (AvgIpc) is 2.46. The van der Waals surface area contributed by atoms with Crippen molar-refractivity contribution < 1.29 is 9.53 Å². The number of anilines is 1. The number of hydrogen-bond donors (Lipinski definition) is 1. The maximum atomic E-state index is 12.3. The maximum Gasteiger partial charge on any atom is 0.222 e. The number of nitrogens with two attached hydrogens (primary N) is 1. The zero-order chi connectivity index (χ0) is 15.0. The Bertz CT molecular complexity index is 403. The summed E-state index contributed by atoms with van der Waals surface area (Å²) in [5.41, 5.74) is 7.54. The van der Waals surface area contributed by atoms with Crippen LogP contribution < -0.4 is 5.73 Å².